The molecule has 0 saturated carbocycles. The Morgan fingerprint density at radius 2 is 2.13 bits per heavy atom. The molecule has 0 spiro atoms. The molecule has 1 unspecified atom stereocenters. The maximum atomic E-state index is 11.9. The Morgan fingerprint density at radius 3 is 2.87 bits per heavy atom. The van der Waals surface area contributed by atoms with E-state index < -0.39 is 6.04 Å². The molecule has 0 amide bonds. The van der Waals surface area contributed by atoms with E-state index in [-0.39, 0.29) is 5.78 Å². The minimum atomic E-state index is -0.726. The summed E-state index contributed by atoms with van der Waals surface area (Å²) in [6, 6.07) is 6.60. The number of hydrogen-bond donors (Lipinski definition) is 0. The molecule has 0 N–H and O–H groups in total. The zero-order valence-corrected chi connectivity index (χ0v) is 8.51. The van der Waals surface area contributed by atoms with Crippen molar-refractivity contribution in [3.05, 3.63) is 34.7 Å². The van der Waals surface area contributed by atoms with Crippen molar-refractivity contribution in [1.82, 2.24) is 0 Å². The predicted molar refractivity (Wildman–Crippen MR) is 58.2 cm³/mol. The molecule has 2 rings (SSSR count). The Balaban J connectivity index is 2.50. The fourth-order valence-electron chi connectivity index (χ4n) is 1.86. The number of hydrogen-bond acceptors (Lipinski definition) is 4. The van der Waals surface area contributed by atoms with Crippen LogP contribution < -0.4 is 4.90 Å². The average Bonchev–Trinajstić information content (AvgIpc) is 2.39. The molecule has 0 radical (unpaired) electrons. The van der Waals surface area contributed by atoms with Crippen molar-refractivity contribution < 1.29 is 4.79 Å². The van der Waals surface area contributed by atoms with E-state index >= 15 is 0 Å². The first-order valence-electron chi connectivity index (χ1n) is 4.91. The van der Waals surface area contributed by atoms with E-state index in [0.717, 1.165) is 5.69 Å². The Morgan fingerprint density at radius 1 is 1.40 bits per heavy atom. The van der Waals surface area contributed by atoms with E-state index in [4.69, 9.17) is 0 Å². The second-order valence-corrected chi connectivity index (χ2v) is 3.71. The van der Waals surface area contributed by atoms with Crippen molar-refractivity contribution in [1.29, 1.82) is 0 Å². The first kappa shape index (κ1) is 9.83. The number of carbonyl (C=O) groups excluding carboxylic acids is 1. The maximum absolute atomic E-state index is 11.9. The third-order valence-electron chi connectivity index (χ3n) is 2.75. The van der Waals surface area contributed by atoms with Crippen molar-refractivity contribution in [3.8, 4) is 0 Å². The van der Waals surface area contributed by atoms with Crippen LogP contribution in [-0.4, -0.2) is 25.4 Å². The van der Waals surface area contributed by atoms with E-state index in [1.54, 1.807) is 12.1 Å². The van der Waals surface area contributed by atoms with Gasteiger partial charge in [0.1, 0.15) is 0 Å². The number of anilines is 1. The molecule has 1 atom stereocenters. The number of fused-ring (bicyclic) bond motifs is 1. The normalized spacial score (nSPS) is 20.7. The third-order valence-corrected chi connectivity index (χ3v) is 2.75. The van der Waals surface area contributed by atoms with Crippen molar-refractivity contribution >= 4 is 11.5 Å². The molecule has 1 aromatic rings. The summed E-state index contributed by atoms with van der Waals surface area (Å²) in [5, 5.41) is 2.90. The lowest BCUT2D eigenvalue weighted by Gasteiger charge is -2.17. The standard InChI is InChI=1S/C11H12N2O2/c1-13-7-6-9(12-15)11(14)8-4-2-3-5-10(8)13/h2-5,9H,6-7H2,1H3. The first-order valence-corrected chi connectivity index (χ1v) is 4.91. The molecule has 0 aromatic heterocycles. The van der Waals surface area contributed by atoms with E-state index in [9.17, 15) is 9.70 Å². The first-order chi connectivity index (χ1) is 7.24. The molecule has 4 nitrogen and oxygen atoms in total. The number of nitrogens with zero attached hydrogens (tertiary/aromatic N) is 2. The summed E-state index contributed by atoms with van der Waals surface area (Å²) in [7, 11) is 1.92. The summed E-state index contributed by atoms with van der Waals surface area (Å²) >= 11 is 0. The smallest absolute Gasteiger partial charge is 0.193 e. The SMILES string of the molecule is CN1CCC(N=O)C(=O)c2ccccc21. The second kappa shape index (κ2) is 3.81. The van der Waals surface area contributed by atoms with Gasteiger partial charge in [0.2, 0.25) is 0 Å². The summed E-state index contributed by atoms with van der Waals surface area (Å²) in [5.74, 6) is -0.162. The molecule has 1 heterocycles. The summed E-state index contributed by atoms with van der Waals surface area (Å²) in [5.41, 5.74) is 1.48. The van der Waals surface area contributed by atoms with Gasteiger partial charge in [-0.15, -0.1) is 0 Å². The number of nitroso groups, excluding NO2 is 1. The Bertz CT molecular complexity index is 403. The van der Waals surface area contributed by atoms with E-state index in [1.165, 1.54) is 0 Å². The molecule has 1 aliphatic heterocycles. The van der Waals surface area contributed by atoms with Gasteiger partial charge in [0.15, 0.2) is 11.8 Å². The zero-order valence-electron chi connectivity index (χ0n) is 8.51. The molecule has 15 heavy (non-hydrogen) atoms. The highest BCUT2D eigenvalue weighted by molar-refractivity contribution is 6.05. The van der Waals surface area contributed by atoms with Crippen LogP contribution in [-0.2, 0) is 0 Å². The number of para-hydroxylation sites is 1. The monoisotopic (exact) mass is 204 g/mol. The highest BCUT2D eigenvalue weighted by atomic mass is 16.3. The van der Waals surface area contributed by atoms with Crippen LogP contribution in [0.15, 0.2) is 29.4 Å². The molecule has 0 bridgehead atoms. The highest BCUT2D eigenvalue weighted by Gasteiger charge is 2.27. The van der Waals surface area contributed by atoms with Gasteiger partial charge in [0, 0.05) is 24.8 Å². The Labute approximate surface area is 87.9 Å². The molecule has 0 fully saturated rings. The van der Waals surface area contributed by atoms with Crippen LogP contribution in [0.3, 0.4) is 0 Å². The van der Waals surface area contributed by atoms with Gasteiger partial charge in [-0.2, -0.15) is 4.91 Å². The molecule has 1 aromatic carbocycles. The van der Waals surface area contributed by atoms with Crippen LogP contribution >= 0.6 is 0 Å². The van der Waals surface area contributed by atoms with Gasteiger partial charge in [-0.25, -0.2) is 0 Å². The minimum absolute atomic E-state index is 0.162. The predicted octanol–water partition coefficient (Wildman–Crippen LogP) is 1.84. The topological polar surface area (TPSA) is 49.7 Å². The molecule has 1 aliphatic rings. The van der Waals surface area contributed by atoms with Crippen LogP contribution in [0.5, 0.6) is 0 Å². The minimum Gasteiger partial charge on any atom is -0.374 e. The van der Waals surface area contributed by atoms with E-state index in [0.29, 0.717) is 18.5 Å². The molecule has 78 valence electrons. The Kier molecular flexibility index (Phi) is 2.49. The number of carbonyl (C=O) groups is 1. The van der Waals surface area contributed by atoms with Crippen molar-refractivity contribution in [2.24, 2.45) is 5.18 Å². The fourth-order valence-corrected chi connectivity index (χ4v) is 1.86. The molecular weight excluding hydrogens is 192 g/mol. The Hall–Kier alpha value is -1.71. The van der Waals surface area contributed by atoms with Crippen LogP contribution in [0.4, 0.5) is 5.69 Å². The van der Waals surface area contributed by atoms with Crippen LogP contribution in [0.1, 0.15) is 16.8 Å². The lowest BCUT2D eigenvalue weighted by molar-refractivity contribution is 0.0962. The fraction of sp³-hybridized carbons (Fsp3) is 0.364. The quantitative estimate of drug-likeness (QED) is 0.656. The summed E-state index contributed by atoms with van der Waals surface area (Å²) < 4.78 is 0. The lowest BCUT2D eigenvalue weighted by Crippen LogP contribution is -2.20. The number of Topliss-reactive ketones (excluding diaryl/α,β-unsaturated/α-hetero) is 1. The molecule has 0 saturated heterocycles. The zero-order chi connectivity index (χ0) is 10.8. The number of benzene rings is 1. The number of rotatable bonds is 1. The van der Waals surface area contributed by atoms with Crippen LogP contribution in [0, 0.1) is 4.91 Å². The summed E-state index contributed by atoms with van der Waals surface area (Å²) in [6.45, 7) is 0.680. The maximum Gasteiger partial charge on any atom is 0.193 e. The molecule has 0 aliphatic carbocycles. The average molecular weight is 204 g/mol. The highest BCUT2D eigenvalue weighted by Crippen LogP contribution is 2.25. The van der Waals surface area contributed by atoms with Gasteiger partial charge >= 0.3 is 0 Å². The third kappa shape index (κ3) is 1.63. The van der Waals surface area contributed by atoms with Gasteiger partial charge in [-0.3, -0.25) is 4.79 Å². The lowest BCUT2D eigenvalue weighted by atomic mass is 10.0. The van der Waals surface area contributed by atoms with E-state index in [2.05, 4.69) is 5.18 Å². The second-order valence-electron chi connectivity index (χ2n) is 3.71. The van der Waals surface area contributed by atoms with Crippen molar-refractivity contribution in [3.63, 3.8) is 0 Å². The summed E-state index contributed by atoms with van der Waals surface area (Å²) in [4.78, 5) is 24.4. The van der Waals surface area contributed by atoms with Gasteiger partial charge in [0.25, 0.3) is 0 Å². The van der Waals surface area contributed by atoms with Gasteiger partial charge in [-0.05, 0) is 18.6 Å². The molecular formula is C11H12N2O2. The van der Waals surface area contributed by atoms with Gasteiger partial charge in [-0.1, -0.05) is 17.3 Å². The van der Waals surface area contributed by atoms with E-state index in [1.807, 2.05) is 24.1 Å². The largest absolute Gasteiger partial charge is 0.374 e. The van der Waals surface area contributed by atoms with Gasteiger partial charge < -0.3 is 4.90 Å². The van der Waals surface area contributed by atoms with Crippen LogP contribution in [0.2, 0.25) is 0 Å². The summed E-state index contributed by atoms with van der Waals surface area (Å²) in [6.07, 6.45) is 0.494. The van der Waals surface area contributed by atoms with Crippen LogP contribution in [0.25, 0.3) is 0 Å². The van der Waals surface area contributed by atoms with Crippen molar-refractivity contribution in [2.75, 3.05) is 18.5 Å². The van der Waals surface area contributed by atoms with Crippen molar-refractivity contribution in [2.45, 2.75) is 12.5 Å². The van der Waals surface area contributed by atoms with Gasteiger partial charge in [0.05, 0.1) is 0 Å². The number of ketones is 1. The molecule has 4 heteroatoms.